The van der Waals surface area contributed by atoms with Gasteiger partial charge in [-0.2, -0.15) is 0 Å². The first-order chi connectivity index (χ1) is 19.3. The van der Waals surface area contributed by atoms with Crippen molar-refractivity contribution in [3.63, 3.8) is 0 Å². The summed E-state index contributed by atoms with van der Waals surface area (Å²) in [6.07, 6.45) is 0. The molecule has 3 rings (SSSR count). The molecule has 0 unspecified atom stereocenters. The van der Waals surface area contributed by atoms with Crippen molar-refractivity contribution in [2.24, 2.45) is 5.92 Å². The number of carbonyl (C=O) groups is 2. The molecule has 0 saturated heterocycles. The molecule has 0 heterocycles. The van der Waals surface area contributed by atoms with Crippen LogP contribution in [-0.2, 0) is 26.2 Å². The molecular weight excluding hydrogens is 562 g/mol. The van der Waals surface area contributed by atoms with E-state index in [1.807, 2.05) is 27.7 Å². The second-order valence-electron chi connectivity index (χ2n) is 10.4. The van der Waals surface area contributed by atoms with Crippen molar-refractivity contribution in [2.75, 3.05) is 24.5 Å². The Morgan fingerprint density at radius 3 is 2.15 bits per heavy atom. The molecular formula is C31H38ClN3O5S. The van der Waals surface area contributed by atoms with Crippen LogP contribution in [0.2, 0.25) is 5.02 Å². The lowest BCUT2D eigenvalue weighted by atomic mass is 10.1. The van der Waals surface area contributed by atoms with E-state index < -0.39 is 28.5 Å². The van der Waals surface area contributed by atoms with Gasteiger partial charge in [0.1, 0.15) is 18.3 Å². The molecule has 0 aliphatic carbocycles. The van der Waals surface area contributed by atoms with Gasteiger partial charge >= 0.3 is 0 Å². The van der Waals surface area contributed by atoms with Crippen LogP contribution < -0.4 is 14.4 Å². The number of amides is 2. The van der Waals surface area contributed by atoms with Crippen LogP contribution in [0.1, 0.15) is 37.5 Å². The fourth-order valence-corrected chi connectivity index (χ4v) is 5.65. The number of anilines is 1. The van der Waals surface area contributed by atoms with Gasteiger partial charge in [-0.05, 0) is 74.2 Å². The molecule has 0 aliphatic heterocycles. The van der Waals surface area contributed by atoms with E-state index in [0.29, 0.717) is 17.3 Å². The average molecular weight is 600 g/mol. The maximum atomic E-state index is 14.0. The molecule has 0 bridgehead atoms. The van der Waals surface area contributed by atoms with Gasteiger partial charge in [0, 0.05) is 18.1 Å². The first kappa shape index (κ1) is 32.0. The van der Waals surface area contributed by atoms with Crippen molar-refractivity contribution in [3.8, 4) is 5.75 Å². The van der Waals surface area contributed by atoms with Crippen LogP contribution in [-0.4, -0.2) is 51.4 Å². The molecule has 1 N–H and O–H groups in total. The Kier molecular flexibility index (Phi) is 10.8. The maximum absolute atomic E-state index is 14.0. The van der Waals surface area contributed by atoms with Gasteiger partial charge in [0.05, 0.1) is 17.7 Å². The van der Waals surface area contributed by atoms with Gasteiger partial charge in [-0.3, -0.25) is 13.9 Å². The zero-order chi connectivity index (χ0) is 30.3. The summed E-state index contributed by atoms with van der Waals surface area (Å²) in [5.74, 6) is 0.00608. The highest BCUT2D eigenvalue weighted by atomic mass is 35.5. The summed E-state index contributed by atoms with van der Waals surface area (Å²) in [6, 6.07) is 17.5. The average Bonchev–Trinajstić information content (AvgIpc) is 2.94. The minimum absolute atomic E-state index is 0.0389. The van der Waals surface area contributed by atoms with E-state index in [2.05, 4.69) is 5.32 Å². The SMILES string of the molecule is COc1ccc(CN(C(=O)CN(c2ccc(C)c(Cl)c2)S(=O)(=O)c2ccc(C)cc2)[C@@H](C)C(=O)NCC(C)C)cc1. The van der Waals surface area contributed by atoms with E-state index in [9.17, 15) is 18.0 Å². The van der Waals surface area contributed by atoms with Gasteiger partial charge in [0.15, 0.2) is 0 Å². The molecule has 10 heteroatoms. The standard InChI is InChI=1S/C31H38ClN3O5S/c1-21(2)18-33-31(37)24(5)34(19-25-10-13-27(40-6)14-11-25)30(36)20-35(26-12-9-23(4)29(32)17-26)41(38,39)28-15-7-22(3)8-16-28/h7-17,21,24H,18-20H2,1-6H3,(H,33,37)/t24-/m0/s1. The Bertz CT molecular complexity index is 1460. The Morgan fingerprint density at radius 1 is 0.951 bits per heavy atom. The highest BCUT2D eigenvalue weighted by Crippen LogP contribution is 2.29. The summed E-state index contributed by atoms with van der Waals surface area (Å²) >= 11 is 6.38. The molecule has 1 atom stereocenters. The summed E-state index contributed by atoms with van der Waals surface area (Å²) in [5, 5.41) is 3.25. The maximum Gasteiger partial charge on any atom is 0.264 e. The number of hydrogen-bond acceptors (Lipinski definition) is 5. The fourth-order valence-electron chi connectivity index (χ4n) is 4.07. The number of ether oxygens (including phenoxy) is 1. The number of benzene rings is 3. The molecule has 3 aromatic rings. The van der Waals surface area contributed by atoms with Crippen molar-refractivity contribution in [2.45, 2.75) is 52.1 Å². The predicted octanol–water partition coefficient (Wildman–Crippen LogP) is 5.35. The zero-order valence-electron chi connectivity index (χ0n) is 24.3. The quantitative estimate of drug-likeness (QED) is 0.303. The van der Waals surface area contributed by atoms with Crippen LogP contribution in [0.15, 0.2) is 71.6 Å². The number of hydrogen-bond donors (Lipinski definition) is 1. The molecule has 2 amide bonds. The smallest absolute Gasteiger partial charge is 0.264 e. The minimum Gasteiger partial charge on any atom is -0.497 e. The number of rotatable bonds is 12. The van der Waals surface area contributed by atoms with E-state index in [4.69, 9.17) is 16.3 Å². The van der Waals surface area contributed by atoms with Crippen molar-refractivity contribution in [1.29, 1.82) is 0 Å². The van der Waals surface area contributed by atoms with Gasteiger partial charge in [0.25, 0.3) is 10.0 Å². The Balaban J connectivity index is 2.03. The van der Waals surface area contributed by atoms with Crippen LogP contribution in [0, 0.1) is 19.8 Å². The molecule has 8 nitrogen and oxygen atoms in total. The highest BCUT2D eigenvalue weighted by molar-refractivity contribution is 7.92. The molecule has 0 fully saturated rings. The second kappa shape index (κ2) is 13.9. The first-order valence-corrected chi connectivity index (χ1v) is 15.2. The van der Waals surface area contributed by atoms with Crippen molar-refractivity contribution < 1.29 is 22.7 Å². The second-order valence-corrected chi connectivity index (χ2v) is 12.7. The normalized spacial score (nSPS) is 12.1. The lowest BCUT2D eigenvalue weighted by Crippen LogP contribution is -2.51. The third-order valence-corrected chi connectivity index (χ3v) is 8.89. The lowest BCUT2D eigenvalue weighted by molar-refractivity contribution is -0.139. The van der Waals surface area contributed by atoms with Crippen LogP contribution in [0.5, 0.6) is 5.75 Å². The van der Waals surface area contributed by atoms with E-state index in [0.717, 1.165) is 21.0 Å². The van der Waals surface area contributed by atoms with Crippen LogP contribution in [0.4, 0.5) is 5.69 Å². The summed E-state index contributed by atoms with van der Waals surface area (Å²) in [7, 11) is -2.61. The van der Waals surface area contributed by atoms with Gasteiger partial charge in [0.2, 0.25) is 11.8 Å². The molecule has 0 aliphatic rings. The Morgan fingerprint density at radius 2 is 1.59 bits per heavy atom. The van der Waals surface area contributed by atoms with E-state index in [1.54, 1.807) is 62.6 Å². The summed E-state index contributed by atoms with van der Waals surface area (Å²) in [4.78, 5) is 28.5. The lowest BCUT2D eigenvalue weighted by Gasteiger charge is -2.32. The number of carbonyl (C=O) groups excluding carboxylic acids is 2. The number of nitrogens with zero attached hydrogens (tertiary/aromatic N) is 2. The van der Waals surface area contributed by atoms with E-state index in [-0.39, 0.29) is 29.0 Å². The Labute approximate surface area is 248 Å². The number of methoxy groups -OCH3 is 1. The third kappa shape index (κ3) is 8.24. The molecule has 3 aromatic carbocycles. The van der Waals surface area contributed by atoms with Crippen molar-refractivity contribution in [3.05, 3.63) is 88.4 Å². The topological polar surface area (TPSA) is 96.0 Å². The van der Waals surface area contributed by atoms with Gasteiger partial charge in [-0.15, -0.1) is 0 Å². The minimum atomic E-state index is -4.17. The Hall–Kier alpha value is -3.56. The van der Waals surface area contributed by atoms with Gasteiger partial charge < -0.3 is 15.0 Å². The monoisotopic (exact) mass is 599 g/mol. The molecule has 0 spiro atoms. The predicted molar refractivity (Wildman–Crippen MR) is 163 cm³/mol. The third-order valence-electron chi connectivity index (χ3n) is 6.70. The van der Waals surface area contributed by atoms with Crippen LogP contribution >= 0.6 is 11.6 Å². The van der Waals surface area contributed by atoms with Gasteiger partial charge in [-0.1, -0.05) is 61.3 Å². The molecule has 41 heavy (non-hydrogen) atoms. The first-order valence-electron chi connectivity index (χ1n) is 13.4. The molecule has 220 valence electrons. The fraction of sp³-hybridized carbons (Fsp3) is 0.355. The molecule has 0 aromatic heterocycles. The van der Waals surface area contributed by atoms with Crippen molar-refractivity contribution in [1.82, 2.24) is 10.2 Å². The van der Waals surface area contributed by atoms with Gasteiger partial charge in [-0.25, -0.2) is 8.42 Å². The summed E-state index contributed by atoms with van der Waals surface area (Å²) in [5.41, 5.74) is 2.67. The number of aryl methyl sites for hydroxylation is 2. The molecule has 0 saturated carbocycles. The number of nitrogens with one attached hydrogen (secondary N) is 1. The highest BCUT2D eigenvalue weighted by Gasteiger charge is 2.32. The number of halogens is 1. The number of sulfonamides is 1. The summed E-state index contributed by atoms with van der Waals surface area (Å²) < 4.78 is 34.1. The zero-order valence-corrected chi connectivity index (χ0v) is 25.9. The summed E-state index contributed by atoms with van der Waals surface area (Å²) in [6.45, 7) is 9.27. The van der Waals surface area contributed by atoms with E-state index >= 15 is 0 Å². The van der Waals surface area contributed by atoms with E-state index in [1.165, 1.54) is 23.1 Å². The van der Waals surface area contributed by atoms with Crippen LogP contribution in [0.25, 0.3) is 0 Å². The van der Waals surface area contributed by atoms with Crippen LogP contribution in [0.3, 0.4) is 0 Å². The largest absolute Gasteiger partial charge is 0.497 e. The molecule has 0 radical (unpaired) electrons. The van der Waals surface area contributed by atoms with Crippen molar-refractivity contribution >= 4 is 39.1 Å².